The number of hydrogen-bond donors (Lipinski definition) is 0. The summed E-state index contributed by atoms with van der Waals surface area (Å²) in [6, 6.07) is 30.2. The van der Waals surface area contributed by atoms with E-state index in [0.29, 0.717) is 0 Å². The molecule has 2 nitrogen and oxygen atoms in total. The van der Waals surface area contributed by atoms with Crippen molar-refractivity contribution in [3.63, 3.8) is 0 Å². The number of thiophene rings is 6. The molecule has 7 aromatic rings. The number of ether oxygens (including phenoxy) is 2. The first kappa shape index (κ1) is 41.1. The van der Waals surface area contributed by atoms with Crippen LogP contribution < -0.4 is 0 Å². The van der Waals surface area contributed by atoms with Gasteiger partial charge in [-0.1, -0.05) is 65.5 Å². The zero-order valence-electron chi connectivity index (χ0n) is 33.7. The second kappa shape index (κ2) is 19.2. The quantitative estimate of drug-likeness (QED) is 0.0711. The zero-order valence-corrected chi connectivity index (χ0v) is 38.6. The molecule has 0 radical (unpaired) electrons. The second-order valence-corrected chi connectivity index (χ2v) is 21.9. The zero-order chi connectivity index (χ0) is 39.2. The van der Waals surface area contributed by atoms with Crippen LogP contribution in [0.1, 0.15) is 88.5 Å². The highest BCUT2D eigenvalue weighted by Crippen LogP contribution is 2.50. The molecule has 0 bridgehead atoms. The number of rotatable bonds is 20. The minimum atomic E-state index is -0.00244. The van der Waals surface area contributed by atoms with Crippen LogP contribution in [0.3, 0.4) is 0 Å². The largest absolute Gasteiger partial charge is 0.381 e. The van der Waals surface area contributed by atoms with Crippen molar-refractivity contribution < 1.29 is 9.47 Å². The molecule has 0 saturated carbocycles. The van der Waals surface area contributed by atoms with Crippen LogP contribution in [0, 0.1) is 5.41 Å². The van der Waals surface area contributed by atoms with Gasteiger partial charge in [-0.2, -0.15) is 0 Å². The van der Waals surface area contributed by atoms with Gasteiger partial charge in [0.05, 0.1) is 13.2 Å². The summed E-state index contributed by atoms with van der Waals surface area (Å²) in [5, 5.41) is 2.16. The standard InChI is InChI=1S/C49H54O2S6/c1-5-9-25-50-31-49(32-51-26-10-6-2)29-34-28-33(12-7-3)35(13-8-4)48(36(34)30-49)47-24-23-46(57-47)45-22-21-44(56-45)43-20-19-42(55-43)41-18-17-40(54-41)39-16-15-38(53-39)37-14-11-27-52-37/h11,14-24,27-28H,5-10,12-13,25-26,29-32H2,1-4H3. The molecule has 8 heteroatoms. The molecule has 8 rings (SSSR count). The van der Waals surface area contributed by atoms with Gasteiger partial charge in [-0.05, 0) is 138 Å². The minimum absolute atomic E-state index is 0.00244. The van der Waals surface area contributed by atoms with Crippen molar-refractivity contribution in [1.29, 1.82) is 0 Å². The molecule has 57 heavy (non-hydrogen) atoms. The molecule has 0 amide bonds. The van der Waals surface area contributed by atoms with Crippen molar-refractivity contribution >= 4 is 68.0 Å². The summed E-state index contributed by atoms with van der Waals surface area (Å²) in [4.78, 5) is 14.9. The lowest BCUT2D eigenvalue weighted by Crippen LogP contribution is -2.33. The van der Waals surface area contributed by atoms with Gasteiger partial charge in [0.25, 0.3) is 0 Å². The Morgan fingerprint density at radius 2 is 0.965 bits per heavy atom. The Kier molecular flexibility index (Phi) is 13.8. The second-order valence-electron chi connectivity index (χ2n) is 15.5. The molecule has 6 heterocycles. The molecule has 0 spiro atoms. The summed E-state index contributed by atoms with van der Waals surface area (Å²) in [6.45, 7) is 12.4. The first-order valence-electron chi connectivity index (χ1n) is 20.9. The summed E-state index contributed by atoms with van der Waals surface area (Å²) in [7, 11) is 0. The summed E-state index contributed by atoms with van der Waals surface area (Å²) in [5.74, 6) is 0. The normalized spacial score (nSPS) is 13.5. The number of aryl methyl sites for hydroxylation is 1. The highest BCUT2D eigenvalue weighted by molar-refractivity contribution is 7.30. The summed E-state index contributed by atoms with van der Waals surface area (Å²) in [6.07, 6.45) is 11.2. The lowest BCUT2D eigenvalue weighted by Gasteiger charge is -2.29. The average molecular weight is 867 g/mol. The van der Waals surface area contributed by atoms with Crippen LogP contribution in [-0.4, -0.2) is 26.4 Å². The molecule has 0 N–H and O–H groups in total. The molecule has 0 atom stereocenters. The molecule has 1 aromatic carbocycles. The number of benzene rings is 1. The fourth-order valence-corrected chi connectivity index (χ4v) is 14.5. The Hall–Kier alpha value is -2.66. The summed E-state index contributed by atoms with van der Waals surface area (Å²) >= 11 is 11.4. The highest BCUT2D eigenvalue weighted by Gasteiger charge is 2.40. The maximum absolute atomic E-state index is 6.44. The molecule has 1 aliphatic rings. The molecule has 0 saturated heterocycles. The van der Waals surface area contributed by atoms with Crippen LogP contribution >= 0.6 is 68.0 Å². The highest BCUT2D eigenvalue weighted by atomic mass is 32.1. The van der Waals surface area contributed by atoms with Crippen molar-refractivity contribution in [3.05, 3.63) is 106 Å². The van der Waals surface area contributed by atoms with Crippen molar-refractivity contribution in [3.8, 4) is 59.2 Å². The Balaban J connectivity index is 1.05. The van der Waals surface area contributed by atoms with Crippen LogP contribution in [0.5, 0.6) is 0 Å². The van der Waals surface area contributed by atoms with E-state index < -0.39 is 0 Å². The van der Waals surface area contributed by atoms with Gasteiger partial charge in [0.15, 0.2) is 0 Å². The lowest BCUT2D eigenvalue weighted by atomic mass is 9.85. The van der Waals surface area contributed by atoms with E-state index in [1.54, 1.807) is 16.7 Å². The molecule has 0 aliphatic heterocycles. The Morgan fingerprint density at radius 3 is 1.40 bits per heavy atom. The van der Waals surface area contributed by atoms with Crippen LogP contribution in [0.2, 0.25) is 0 Å². The van der Waals surface area contributed by atoms with E-state index in [4.69, 9.17) is 9.47 Å². The molecule has 0 fully saturated rings. The fourth-order valence-electron chi connectivity index (χ4n) is 8.16. The monoisotopic (exact) mass is 866 g/mol. The first-order valence-corrected chi connectivity index (χ1v) is 25.8. The SMILES string of the molecule is CCCCOCC1(COCCCC)Cc2cc(CCC)c(CCC)c(-c3ccc(-c4ccc(-c5ccc(-c6ccc(-c7ccc(-c8cccs8)s7)s6)s5)s4)s3)c2C1. The van der Waals surface area contributed by atoms with E-state index in [-0.39, 0.29) is 5.41 Å². The fraction of sp³-hybridized carbons (Fsp3) is 0.388. The van der Waals surface area contributed by atoms with Gasteiger partial charge in [-0.15, -0.1) is 68.0 Å². The van der Waals surface area contributed by atoms with Gasteiger partial charge in [0.2, 0.25) is 0 Å². The third kappa shape index (κ3) is 9.24. The van der Waals surface area contributed by atoms with Crippen LogP contribution in [0.25, 0.3) is 59.2 Å². The maximum Gasteiger partial charge on any atom is 0.0550 e. The van der Waals surface area contributed by atoms with E-state index in [1.165, 1.54) is 64.8 Å². The van der Waals surface area contributed by atoms with Gasteiger partial charge >= 0.3 is 0 Å². The molecule has 6 aromatic heterocycles. The van der Waals surface area contributed by atoms with Gasteiger partial charge in [-0.3, -0.25) is 0 Å². The van der Waals surface area contributed by atoms with E-state index in [9.17, 15) is 0 Å². The first-order chi connectivity index (χ1) is 28.0. The number of hydrogen-bond acceptors (Lipinski definition) is 8. The van der Waals surface area contributed by atoms with Gasteiger partial charge in [-0.25, -0.2) is 0 Å². The smallest absolute Gasteiger partial charge is 0.0550 e. The summed E-state index contributed by atoms with van der Waals surface area (Å²) in [5.41, 5.74) is 7.75. The molecule has 298 valence electrons. The van der Waals surface area contributed by atoms with Crippen molar-refractivity contribution in [2.75, 3.05) is 26.4 Å². The summed E-state index contributed by atoms with van der Waals surface area (Å²) < 4.78 is 12.9. The van der Waals surface area contributed by atoms with Gasteiger partial charge < -0.3 is 9.47 Å². The number of fused-ring (bicyclic) bond motifs is 1. The Bertz CT molecular complexity index is 2330. The van der Waals surface area contributed by atoms with E-state index in [1.807, 2.05) is 68.0 Å². The van der Waals surface area contributed by atoms with Crippen LogP contribution in [0.4, 0.5) is 0 Å². The number of unbranched alkanes of at least 4 members (excludes halogenated alkanes) is 2. The predicted octanol–water partition coefficient (Wildman–Crippen LogP) is 16.7. The molecular weight excluding hydrogens is 813 g/mol. The van der Waals surface area contributed by atoms with Crippen LogP contribution in [-0.2, 0) is 35.2 Å². The molecular formula is C49H54O2S6. The average Bonchev–Trinajstić information content (AvgIpc) is 4.06. The third-order valence-corrected chi connectivity index (χ3v) is 18.3. The Labute approximate surface area is 364 Å². The lowest BCUT2D eigenvalue weighted by molar-refractivity contribution is -0.0187. The van der Waals surface area contributed by atoms with Crippen molar-refractivity contribution in [2.45, 2.75) is 91.9 Å². The van der Waals surface area contributed by atoms with E-state index >= 15 is 0 Å². The van der Waals surface area contributed by atoms with Crippen molar-refractivity contribution in [2.24, 2.45) is 5.41 Å². The minimum Gasteiger partial charge on any atom is -0.381 e. The van der Waals surface area contributed by atoms with E-state index in [0.717, 1.165) is 90.6 Å². The molecule has 1 aliphatic carbocycles. The Morgan fingerprint density at radius 1 is 0.509 bits per heavy atom. The molecule has 0 unspecified atom stereocenters. The third-order valence-electron chi connectivity index (χ3n) is 11.0. The topological polar surface area (TPSA) is 18.5 Å². The van der Waals surface area contributed by atoms with E-state index in [2.05, 4.69) is 112 Å². The van der Waals surface area contributed by atoms with Gasteiger partial charge in [0, 0.05) is 72.3 Å². The van der Waals surface area contributed by atoms with Crippen molar-refractivity contribution in [1.82, 2.24) is 0 Å². The van der Waals surface area contributed by atoms with Gasteiger partial charge in [0.1, 0.15) is 0 Å². The maximum atomic E-state index is 6.44. The predicted molar refractivity (Wildman–Crippen MR) is 256 cm³/mol. The van der Waals surface area contributed by atoms with Crippen LogP contribution in [0.15, 0.2) is 84.2 Å².